The molecule has 1 fully saturated rings. The van der Waals surface area contributed by atoms with Crippen LogP contribution in [-0.2, 0) is 11.0 Å². The third-order valence-electron chi connectivity index (χ3n) is 2.96. The summed E-state index contributed by atoms with van der Waals surface area (Å²) in [4.78, 5) is 11.3. The van der Waals surface area contributed by atoms with Crippen LogP contribution in [0.1, 0.15) is 29.9 Å². The summed E-state index contributed by atoms with van der Waals surface area (Å²) in [6.07, 6.45) is -3.36. The predicted molar refractivity (Wildman–Crippen MR) is 55.0 cm³/mol. The lowest BCUT2D eigenvalue weighted by Gasteiger charge is -2.25. The van der Waals surface area contributed by atoms with Gasteiger partial charge in [-0.3, -0.25) is 4.79 Å². The number of Topliss-reactive ketones (excluding diaryl/α,β-unsaturated/α-hetero) is 1. The van der Waals surface area contributed by atoms with Gasteiger partial charge in [0.25, 0.3) is 0 Å². The summed E-state index contributed by atoms with van der Waals surface area (Å²) in [6, 6.07) is 3.47. The summed E-state index contributed by atoms with van der Waals surface area (Å²) in [5, 5.41) is 0. The second kappa shape index (κ2) is 4.05. The van der Waals surface area contributed by atoms with Crippen LogP contribution in [0.4, 0.5) is 13.2 Å². The zero-order valence-electron chi connectivity index (χ0n) is 9.17. The van der Waals surface area contributed by atoms with Crippen molar-refractivity contribution in [2.24, 2.45) is 0 Å². The van der Waals surface area contributed by atoms with E-state index in [4.69, 9.17) is 4.74 Å². The van der Waals surface area contributed by atoms with Crippen molar-refractivity contribution in [2.75, 3.05) is 7.11 Å². The molecule has 1 aromatic carbocycles. The fraction of sp³-hybridized carbons (Fsp3) is 0.417. The van der Waals surface area contributed by atoms with Crippen molar-refractivity contribution in [1.29, 1.82) is 0 Å². The van der Waals surface area contributed by atoms with Gasteiger partial charge in [-0.05, 0) is 30.2 Å². The topological polar surface area (TPSA) is 26.3 Å². The van der Waals surface area contributed by atoms with Crippen molar-refractivity contribution >= 4 is 5.78 Å². The minimum Gasteiger partial charge on any atom is -0.497 e. The molecule has 0 aromatic heterocycles. The van der Waals surface area contributed by atoms with Gasteiger partial charge in [-0.15, -0.1) is 0 Å². The molecule has 0 saturated heterocycles. The van der Waals surface area contributed by atoms with Crippen molar-refractivity contribution in [3.05, 3.63) is 29.3 Å². The Morgan fingerprint density at radius 3 is 2.41 bits per heavy atom. The quantitative estimate of drug-likeness (QED) is 0.798. The molecule has 0 spiro atoms. The number of ether oxygens (including phenoxy) is 1. The lowest BCUT2D eigenvalue weighted by Crippen LogP contribution is -2.23. The van der Waals surface area contributed by atoms with Gasteiger partial charge in [0.2, 0.25) is 0 Å². The molecule has 0 aliphatic heterocycles. The maximum absolute atomic E-state index is 12.6. The van der Waals surface area contributed by atoms with Crippen molar-refractivity contribution in [3.8, 4) is 5.75 Å². The first-order valence-corrected chi connectivity index (χ1v) is 5.20. The van der Waals surface area contributed by atoms with Crippen LogP contribution in [0, 0.1) is 0 Å². The lowest BCUT2D eigenvalue weighted by atomic mass is 9.78. The monoisotopic (exact) mass is 244 g/mol. The fourth-order valence-corrected chi connectivity index (χ4v) is 1.86. The largest absolute Gasteiger partial charge is 0.497 e. The van der Waals surface area contributed by atoms with Gasteiger partial charge >= 0.3 is 6.18 Å². The first-order valence-electron chi connectivity index (χ1n) is 5.20. The van der Waals surface area contributed by atoms with Gasteiger partial charge in [-0.1, -0.05) is 0 Å². The van der Waals surface area contributed by atoms with E-state index in [2.05, 4.69) is 0 Å². The van der Waals surface area contributed by atoms with Gasteiger partial charge in [0.15, 0.2) is 0 Å². The van der Waals surface area contributed by atoms with E-state index in [1.54, 1.807) is 0 Å². The molecule has 0 heterocycles. The molecule has 1 aliphatic carbocycles. The SMILES string of the molecule is COc1cc(C2CCC2=O)cc(C(F)(F)F)c1. The first-order chi connectivity index (χ1) is 7.91. The molecule has 1 saturated carbocycles. The van der Waals surface area contributed by atoms with E-state index in [9.17, 15) is 18.0 Å². The van der Waals surface area contributed by atoms with E-state index in [1.807, 2.05) is 0 Å². The second-order valence-corrected chi connectivity index (χ2v) is 4.05. The fourth-order valence-electron chi connectivity index (χ4n) is 1.86. The molecule has 2 nitrogen and oxygen atoms in total. The Kier molecular flexibility index (Phi) is 2.85. The second-order valence-electron chi connectivity index (χ2n) is 4.05. The number of hydrogen-bond donors (Lipinski definition) is 0. The molecule has 5 heteroatoms. The van der Waals surface area contributed by atoms with Crippen LogP contribution < -0.4 is 4.74 Å². The highest BCUT2D eigenvalue weighted by atomic mass is 19.4. The molecule has 0 N–H and O–H groups in total. The summed E-state index contributed by atoms with van der Waals surface area (Å²) in [7, 11) is 1.31. The van der Waals surface area contributed by atoms with Gasteiger partial charge < -0.3 is 4.74 Å². The highest BCUT2D eigenvalue weighted by molar-refractivity contribution is 5.91. The van der Waals surface area contributed by atoms with Gasteiger partial charge in [-0.25, -0.2) is 0 Å². The van der Waals surface area contributed by atoms with Crippen LogP contribution >= 0.6 is 0 Å². The summed E-state index contributed by atoms with van der Waals surface area (Å²) in [6.45, 7) is 0. The van der Waals surface area contributed by atoms with Crippen molar-refractivity contribution < 1.29 is 22.7 Å². The van der Waals surface area contributed by atoms with Crippen molar-refractivity contribution in [2.45, 2.75) is 24.9 Å². The van der Waals surface area contributed by atoms with E-state index in [0.717, 1.165) is 12.1 Å². The van der Waals surface area contributed by atoms with E-state index >= 15 is 0 Å². The molecule has 1 aromatic rings. The number of benzene rings is 1. The summed E-state index contributed by atoms with van der Waals surface area (Å²) < 4.78 is 42.7. The van der Waals surface area contributed by atoms with Crippen LogP contribution in [0.3, 0.4) is 0 Å². The zero-order valence-corrected chi connectivity index (χ0v) is 9.17. The molecule has 0 bridgehead atoms. The zero-order chi connectivity index (χ0) is 12.6. The average Bonchev–Trinajstić information content (AvgIpc) is 2.25. The average molecular weight is 244 g/mol. The number of alkyl halides is 3. The minimum absolute atomic E-state index is 0.00798. The standard InChI is InChI=1S/C12H11F3O2/c1-17-9-5-7(10-2-3-11(10)16)4-8(6-9)12(13,14)15/h4-6,10H,2-3H2,1H3. The minimum atomic E-state index is -4.42. The third-order valence-corrected chi connectivity index (χ3v) is 2.96. The number of ketones is 1. The molecule has 92 valence electrons. The van der Waals surface area contributed by atoms with Gasteiger partial charge in [-0.2, -0.15) is 13.2 Å². The van der Waals surface area contributed by atoms with Gasteiger partial charge in [0.05, 0.1) is 12.7 Å². The molecule has 2 rings (SSSR count). The highest BCUT2D eigenvalue weighted by Crippen LogP contribution is 2.39. The number of hydrogen-bond acceptors (Lipinski definition) is 2. The Morgan fingerprint density at radius 2 is 2.00 bits per heavy atom. The smallest absolute Gasteiger partial charge is 0.416 e. The summed E-state index contributed by atoms with van der Waals surface area (Å²) >= 11 is 0. The normalized spacial score (nSPS) is 20.0. The molecule has 0 amide bonds. The molecular formula is C12H11F3O2. The van der Waals surface area contributed by atoms with Crippen LogP contribution in [0.2, 0.25) is 0 Å². The number of halogens is 3. The molecule has 1 atom stereocenters. The van der Waals surface area contributed by atoms with E-state index in [-0.39, 0.29) is 11.5 Å². The number of methoxy groups -OCH3 is 1. The Morgan fingerprint density at radius 1 is 1.29 bits per heavy atom. The van der Waals surface area contributed by atoms with Crippen LogP contribution in [-0.4, -0.2) is 12.9 Å². The Hall–Kier alpha value is -1.52. The van der Waals surface area contributed by atoms with E-state index in [1.165, 1.54) is 13.2 Å². The molecule has 1 unspecified atom stereocenters. The van der Waals surface area contributed by atoms with Crippen LogP contribution in [0.5, 0.6) is 5.75 Å². The summed E-state index contributed by atoms with van der Waals surface area (Å²) in [5.41, 5.74) is -0.375. The van der Waals surface area contributed by atoms with E-state index < -0.39 is 17.7 Å². The molecule has 17 heavy (non-hydrogen) atoms. The molecule has 0 radical (unpaired) electrons. The number of carbonyl (C=O) groups excluding carboxylic acids is 1. The Bertz CT molecular complexity index is 452. The van der Waals surface area contributed by atoms with Crippen molar-refractivity contribution in [3.63, 3.8) is 0 Å². The maximum Gasteiger partial charge on any atom is 0.416 e. The van der Waals surface area contributed by atoms with Crippen molar-refractivity contribution in [1.82, 2.24) is 0 Å². The molecule has 1 aliphatic rings. The Balaban J connectivity index is 2.42. The summed E-state index contributed by atoms with van der Waals surface area (Å²) in [5.74, 6) is -0.271. The van der Waals surface area contributed by atoms with Gasteiger partial charge in [0.1, 0.15) is 11.5 Å². The third kappa shape index (κ3) is 2.28. The van der Waals surface area contributed by atoms with E-state index in [0.29, 0.717) is 18.4 Å². The first kappa shape index (κ1) is 12.0. The maximum atomic E-state index is 12.6. The lowest BCUT2D eigenvalue weighted by molar-refractivity contribution is -0.138. The Labute approximate surface area is 96.4 Å². The molecular weight excluding hydrogens is 233 g/mol. The van der Waals surface area contributed by atoms with Gasteiger partial charge in [0, 0.05) is 12.3 Å². The highest BCUT2D eigenvalue weighted by Gasteiger charge is 2.35. The van der Waals surface area contributed by atoms with Crippen LogP contribution in [0.15, 0.2) is 18.2 Å². The number of carbonyl (C=O) groups is 1. The predicted octanol–water partition coefficient (Wildman–Crippen LogP) is 3.16. The number of rotatable bonds is 2. The van der Waals surface area contributed by atoms with Crippen LogP contribution in [0.25, 0.3) is 0 Å².